The Hall–Kier alpha value is -3.04. The van der Waals surface area contributed by atoms with Crippen molar-refractivity contribution in [1.82, 2.24) is 4.98 Å². The number of para-hydroxylation sites is 1. The van der Waals surface area contributed by atoms with Gasteiger partial charge >= 0.3 is 0 Å². The second-order valence-electron chi connectivity index (χ2n) is 5.82. The number of hydrogen-bond acceptors (Lipinski definition) is 3. The number of aromatic nitrogens is 1. The number of halogens is 1. The molecule has 3 nitrogen and oxygen atoms in total. The number of benzene rings is 3. The smallest absolute Gasteiger partial charge is 0.227 e. The van der Waals surface area contributed by atoms with Crippen LogP contribution in [0, 0.1) is 0 Å². The Kier molecular flexibility index (Phi) is 4.46. The standard InChI is InChI=1S/C22H16ClNO2/c1-25-18-10-12-19(13-11-18)26-22-20(15-6-8-17(23)9-7-15)14-16-4-2-3-5-21(16)24-22/h2-14H,1H3. The van der Waals surface area contributed by atoms with Crippen molar-refractivity contribution in [3.63, 3.8) is 0 Å². The van der Waals surface area contributed by atoms with E-state index in [0.717, 1.165) is 27.8 Å². The summed E-state index contributed by atoms with van der Waals surface area (Å²) in [6, 6.07) is 25.2. The van der Waals surface area contributed by atoms with Crippen molar-refractivity contribution in [3.05, 3.63) is 83.9 Å². The molecular weight excluding hydrogens is 346 g/mol. The minimum Gasteiger partial charge on any atom is -0.497 e. The number of nitrogens with zero attached hydrogens (tertiary/aromatic N) is 1. The molecular formula is C22H16ClNO2. The maximum absolute atomic E-state index is 6.10. The van der Waals surface area contributed by atoms with E-state index >= 15 is 0 Å². The quantitative estimate of drug-likeness (QED) is 0.424. The normalized spacial score (nSPS) is 10.7. The van der Waals surface area contributed by atoms with Gasteiger partial charge in [-0.05, 0) is 54.1 Å². The molecule has 0 aliphatic carbocycles. The lowest BCUT2D eigenvalue weighted by molar-refractivity contribution is 0.412. The van der Waals surface area contributed by atoms with E-state index in [1.54, 1.807) is 7.11 Å². The van der Waals surface area contributed by atoms with Crippen LogP contribution in [0.3, 0.4) is 0 Å². The van der Waals surface area contributed by atoms with E-state index in [1.165, 1.54) is 0 Å². The van der Waals surface area contributed by atoms with Crippen molar-refractivity contribution < 1.29 is 9.47 Å². The van der Waals surface area contributed by atoms with Gasteiger partial charge in [0.15, 0.2) is 0 Å². The van der Waals surface area contributed by atoms with Crippen molar-refractivity contribution in [2.45, 2.75) is 0 Å². The van der Waals surface area contributed by atoms with Crippen molar-refractivity contribution in [2.24, 2.45) is 0 Å². The lowest BCUT2D eigenvalue weighted by Gasteiger charge is -2.12. The molecule has 128 valence electrons. The maximum Gasteiger partial charge on any atom is 0.227 e. The zero-order valence-corrected chi connectivity index (χ0v) is 14.9. The number of rotatable bonds is 4. The van der Waals surface area contributed by atoms with Gasteiger partial charge in [-0.2, -0.15) is 0 Å². The Balaban J connectivity index is 1.82. The first-order chi connectivity index (χ1) is 12.7. The largest absolute Gasteiger partial charge is 0.497 e. The summed E-state index contributed by atoms with van der Waals surface area (Å²) in [4.78, 5) is 4.73. The van der Waals surface area contributed by atoms with Crippen molar-refractivity contribution in [2.75, 3.05) is 7.11 Å². The third-order valence-electron chi connectivity index (χ3n) is 4.12. The van der Waals surface area contributed by atoms with E-state index in [9.17, 15) is 0 Å². The van der Waals surface area contributed by atoms with Gasteiger partial charge in [0.1, 0.15) is 11.5 Å². The first kappa shape index (κ1) is 16.4. The van der Waals surface area contributed by atoms with Gasteiger partial charge in [0.05, 0.1) is 12.6 Å². The predicted octanol–water partition coefficient (Wildman–Crippen LogP) is 6.36. The molecule has 26 heavy (non-hydrogen) atoms. The molecule has 0 unspecified atom stereocenters. The van der Waals surface area contributed by atoms with Crippen LogP contribution >= 0.6 is 11.6 Å². The molecule has 4 aromatic rings. The highest BCUT2D eigenvalue weighted by Gasteiger charge is 2.12. The second-order valence-corrected chi connectivity index (χ2v) is 6.25. The average molecular weight is 362 g/mol. The van der Waals surface area contributed by atoms with E-state index in [4.69, 9.17) is 26.1 Å². The topological polar surface area (TPSA) is 31.4 Å². The molecule has 1 aromatic heterocycles. The number of methoxy groups -OCH3 is 1. The van der Waals surface area contributed by atoms with E-state index in [-0.39, 0.29) is 0 Å². The second kappa shape index (κ2) is 7.06. The van der Waals surface area contributed by atoms with Gasteiger partial charge in [-0.25, -0.2) is 4.98 Å². The Labute approximate surface area is 156 Å². The predicted molar refractivity (Wildman–Crippen MR) is 105 cm³/mol. The van der Waals surface area contributed by atoms with Gasteiger partial charge in [0, 0.05) is 16.0 Å². The van der Waals surface area contributed by atoms with Crippen LogP contribution in [0.4, 0.5) is 0 Å². The molecule has 3 aromatic carbocycles. The van der Waals surface area contributed by atoms with Gasteiger partial charge in [-0.3, -0.25) is 0 Å². The van der Waals surface area contributed by atoms with Crippen LogP contribution in [-0.2, 0) is 0 Å². The van der Waals surface area contributed by atoms with Gasteiger partial charge in [-0.1, -0.05) is 41.9 Å². The first-order valence-electron chi connectivity index (χ1n) is 8.20. The molecule has 0 fully saturated rings. The molecule has 0 spiro atoms. The van der Waals surface area contributed by atoms with Gasteiger partial charge < -0.3 is 9.47 Å². The SMILES string of the molecule is COc1ccc(Oc2nc3ccccc3cc2-c2ccc(Cl)cc2)cc1. The number of ether oxygens (including phenoxy) is 2. The molecule has 0 amide bonds. The Bertz CT molecular complexity index is 1040. The average Bonchev–Trinajstić information content (AvgIpc) is 2.69. The zero-order valence-electron chi connectivity index (χ0n) is 14.1. The van der Waals surface area contributed by atoms with Gasteiger partial charge in [0.2, 0.25) is 5.88 Å². The molecule has 0 aliphatic rings. The molecule has 0 radical (unpaired) electrons. The highest BCUT2D eigenvalue weighted by molar-refractivity contribution is 6.30. The summed E-state index contributed by atoms with van der Waals surface area (Å²) < 4.78 is 11.3. The Morgan fingerprint density at radius 3 is 2.23 bits per heavy atom. The summed E-state index contributed by atoms with van der Waals surface area (Å²) in [7, 11) is 1.64. The molecule has 0 saturated heterocycles. The molecule has 0 N–H and O–H groups in total. The van der Waals surface area contributed by atoms with Crippen LogP contribution in [0.25, 0.3) is 22.0 Å². The van der Waals surface area contributed by atoms with Gasteiger partial charge in [0.25, 0.3) is 0 Å². The van der Waals surface area contributed by atoms with E-state index in [0.29, 0.717) is 16.7 Å². The van der Waals surface area contributed by atoms with Crippen molar-refractivity contribution in [1.29, 1.82) is 0 Å². The van der Waals surface area contributed by atoms with Crippen LogP contribution in [0.5, 0.6) is 17.4 Å². The molecule has 4 rings (SSSR count). The molecule has 0 aliphatic heterocycles. The summed E-state index contributed by atoms with van der Waals surface area (Å²) in [6.07, 6.45) is 0. The lowest BCUT2D eigenvalue weighted by Crippen LogP contribution is -1.93. The van der Waals surface area contributed by atoms with Crippen LogP contribution in [0.1, 0.15) is 0 Å². The Morgan fingerprint density at radius 2 is 1.50 bits per heavy atom. The fourth-order valence-corrected chi connectivity index (χ4v) is 2.89. The van der Waals surface area contributed by atoms with Crippen LogP contribution in [0.2, 0.25) is 5.02 Å². The number of fused-ring (bicyclic) bond motifs is 1. The van der Waals surface area contributed by atoms with Crippen LogP contribution in [0.15, 0.2) is 78.9 Å². The first-order valence-corrected chi connectivity index (χ1v) is 8.58. The lowest BCUT2D eigenvalue weighted by atomic mass is 10.0. The minimum absolute atomic E-state index is 0.552. The summed E-state index contributed by atoms with van der Waals surface area (Å²) in [6.45, 7) is 0. The maximum atomic E-state index is 6.10. The molecule has 0 atom stereocenters. The van der Waals surface area contributed by atoms with E-state index < -0.39 is 0 Å². The van der Waals surface area contributed by atoms with Crippen molar-refractivity contribution >= 4 is 22.5 Å². The summed E-state index contributed by atoms with van der Waals surface area (Å²) in [5.74, 6) is 2.03. The Morgan fingerprint density at radius 1 is 0.808 bits per heavy atom. The number of hydrogen-bond donors (Lipinski definition) is 0. The highest BCUT2D eigenvalue weighted by Crippen LogP contribution is 2.35. The molecule has 0 saturated carbocycles. The van der Waals surface area contributed by atoms with Crippen LogP contribution < -0.4 is 9.47 Å². The van der Waals surface area contributed by atoms with E-state index in [1.807, 2.05) is 72.8 Å². The molecule has 1 heterocycles. The molecule has 4 heteroatoms. The third kappa shape index (κ3) is 3.35. The summed E-state index contributed by atoms with van der Waals surface area (Å²) in [5.41, 5.74) is 2.79. The minimum atomic E-state index is 0.552. The van der Waals surface area contributed by atoms with Crippen molar-refractivity contribution in [3.8, 4) is 28.5 Å². The van der Waals surface area contributed by atoms with Crippen LogP contribution in [-0.4, -0.2) is 12.1 Å². The zero-order chi connectivity index (χ0) is 17.9. The summed E-state index contributed by atoms with van der Waals surface area (Å²) in [5, 5.41) is 1.75. The molecule has 0 bridgehead atoms. The monoisotopic (exact) mass is 361 g/mol. The number of pyridine rings is 1. The van der Waals surface area contributed by atoms with Gasteiger partial charge in [-0.15, -0.1) is 0 Å². The fourth-order valence-electron chi connectivity index (χ4n) is 2.77. The highest BCUT2D eigenvalue weighted by atomic mass is 35.5. The fraction of sp³-hybridized carbons (Fsp3) is 0.0455. The third-order valence-corrected chi connectivity index (χ3v) is 4.37. The summed E-state index contributed by atoms with van der Waals surface area (Å²) >= 11 is 6.03. The van der Waals surface area contributed by atoms with E-state index in [2.05, 4.69) is 6.07 Å².